The molecule has 1 fully saturated rings. The monoisotopic (exact) mass is 403 g/mol. The van der Waals surface area contributed by atoms with Gasteiger partial charge in [0.2, 0.25) is 5.91 Å². The number of furan rings is 1. The van der Waals surface area contributed by atoms with Gasteiger partial charge in [-0.2, -0.15) is 0 Å². The average Bonchev–Trinajstić information content (AvgIpc) is 3.17. The first kappa shape index (κ1) is 20.3. The van der Waals surface area contributed by atoms with E-state index >= 15 is 0 Å². The summed E-state index contributed by atoms with van der Waals surface area (Å²) in [5.74, 6) is 1.26. The molecule has 28 heavy (non-hydrogen) atoms. The fourth-order valence-electron chi connectivity index (χ4n) is 3.29. The molecule has 7 heteroatoms. The van der Waals surface area contributed by atoms with Gasteiger partial charge in [0.05, 0.1) is 6.54 Å². The summed E-state index contributed by atoms with van der Waals surface area (Å²) in [5, 5.41) is 9.18. The zero-order chi connectivity index (χ0) is 19.8. The van der Waals surface area contributed by atoms with E-state index in [0.29, 0.717) is 23.9 Å². The van der Waals surface area contributed by atoms with Crippen molar-refractivity contribution in [1.29, 1.82) is 0 Å². The van der Waals surface area contributed by atoms with Crippen molar-refractivity contribution >= 4 is 23.5 Å². The van der Waals surface area contributed by atoms with Crippen LogP contribution in [0, 0.1) is 0 Å². The van der Waals surface area contributed by atoms with E-state index in [0.717, 1.165) is 24.2 Å². The van der Waals surface area contributed by atoms with Crippen LogP contribution in [-0.4, -0.2) is 24.5 Å². The van der Waals surface area contributed by atoms with E-state index in [1.165, 1.54) is 19.3 Å². The highest BCUT2D eigenvalue weighted by molar-refractivity contribution is 6.30. The molecular weight excluding hydrogens is 378 g/mol. The average molecular weight is 404 g/mol. The summed E-state index contributed by atoms with van der Waals surface area (Å²) in [6, 6.07) is 11.1. The maximum atomic E-state index is 12.0. The number of nitrogens with one attached hydrogen (secondary N) is 3. The van der Waals surface area contributed by atoms with E-state index in [1.807, 2.05) is 24.3 Å². The molecule has 1 aliphatic carbocycles. The van der Waals surface area contributed by atoms with E-state index in [-0.39, 0.29) is 24.4 Å². The molecule has 2 aromatic rings. The van der Waals surface area contributed by atoms with Crippen LogP contribution in [0.3, 0.4) is 0 Å². The molecule has 0 saturated heterocycles. The SMILES string of the molecule is O=C(CCNC(=O)NC1CCCCC1)NCc1ccc(-c2ccc(Cl)cc2)o1. The first-order chi connectivity index (χ1) is 13.6. The van der Waals surface area contributed by atoms with E-state index in [1.54, 1.807) is 12.1 Å². The molecule has 0 spiro atoms. The maximum absolute atomic E-state index is 12.0. The molecule has 3 N–H and O–H groups in total. The quantitative estimate of drug-likeness (QED) is 0.646. The highest BCUT2D eigenvalue weighted by atomic mass is 35.5. The molecule has 0 unspecified atom stereocenters. The molecule has 150 valence electrons. The maximum Gasteiger partial charge on any atom is 0.315 e. The summed E-state index contributed by atoms with van der Waals surface area (Å²) < 4.78 is 5.75. The van der Waals surface area contributed by atoms with Crippen LogP contribution >= 0.6 is 11.6 Å². The summed E-state index contributed by atoms with van der Waals surface area (Å²) >= 11 is 5.89. The van der Waals surface area contributed by atoms with Gasteiger partial charge in [-0.25, -0.2) is 4.79 Å². The molecule has 3 rings (SSSR count). The second-order valence-electron chi connectivity index (χ2n) is 7.03. The van der Waals surface area contributed by atoms with Crippen molar-refractivity contribution in [2.75, 3.05) is 6.54 Å². The van der Waals surface area contributed by atoms with E-state index < -0.39 is 0 Å². The third kappa shape index (κ3) is 6.30. The van der Waals surface area contributed by atoms with Crippen LogP contribution in [0.25, 0.3) is 11.3 Å². The predicted molar refractivity (Wildman–Crippen MR) is 109 cm³/mol. The lowest BCUT2D eigenvalue weighted by molar-refractivity contribution is -0.121. The summed E-state index contributed by atoms with van der Waals surface area (Å²) in [5.41, 5.74) is 0.926. The number of urea groups is 1. The second kappa shape index (κ2) is 10.2. The van der Waals surface area contributed by atoms with Crippen molar-refractivity contribution in [3.63, 3.8) is 0 Å². The largest absolute Gasteiger partial charge is 0.459 e. The molecule has 1 aromatic carbocycles. The van der Waals surface area contributed by atoms with Crippen LogP contribution in [0.15, 0.2) is 40.8 Å². The first-order valence-corrected chi connectivity index (χ1v) is 10.1. The summed E-state index contributed by atoms with van der Waals surface area (Å²) in [7, 11) is 0. The molecule has 1 aromatic heterocycles. The van der Waals surface area contributed by atoms with Gasteiger partial charge in [-0.05, 0) is 49.2 Å². The molecule has 0 radical (unpaired) electrons. The van der Waals surface area contributed by atoms with Crippen molar-refractivity contribution in [2.45, 2.75) is 51.1 Å². The smallest absolute Gasteiger partial charge is 0.315 e. The van der Waals surface area contributed by atoms with Crippen molar-refractivity contribution in [3.8, 4) is 11.3 Å². The Morgan fingerprint density at radius 3 is 2.50 bits per heavy atom. The van der Waals surface area contributed by atoms with Crippen molar-refractivity contribution in [3.05, 3.63) is 47.2 Å². The van der Waals surface area contributed by atoms with E-state index in [9.17, 15) is 9.59 Å². The van der Waals surface area contributed by atoms with E-state index in [2.05, 4.69) is 16.0 Å². The number of benzene rings is 1. The van der Waals surface area contributed by atoms with Gasteiger partial charge < -0.3 is 20.4 Å². The Bertz CT molecular complexity index is 782. The molecule has 6 nitrogen and oxygen atoms in total. The number of carbonyl (C=O) groups is 2. The lowest BCUT2D eigenvalue weighted by atomic mass is 9.96. The Labute approximate surface area is 170 Å². The Hall–Kier alpha value is -2.47. The van der Waals surface area contributed by atoms with Crippen molar-refractivity contribution in [1.82, 2.24) is 16.0 Å². The van der Waals surface area contributed by atoms with E-state index in [4.69, 9.17) is 16.0 Å². The fraction of sp³-hybridized carbons (Fsp3) is 0.429. The number of carbonyl (C=O) groups excluding carboxylic acids is 2. The molecule has 0 aliphatic heterocycles. The molecule has 3 amide bonds. The van der Waals surface area contributed by atoms with Crippen LogP contribution in [0.1, 0.15) is 44.3 Å². The Kier molecular flexibility index (Phi) is 7.37. The summed E-state index contributed by atoms with van der Waals surface area (Å²) in [6.45, 7) is 0.610. The first-order valence-electron chi connectivity index (χ1n) is 9.76. The minimum atomic E-state index is -0.196. The number of halogens is 1. The zero-order valence-electron chi connectivity index (χ0n) is 15.8. The second-order valence-corrected chi connectivity index (χ2v) is 7.47. The van der Waals surface area contributed by atoms with Gasteiger partial charge in [-0.1, -0.05) is 30.9 Å². The molecule has 1 aliphatic rings. The lowest BCUT2D eigenvalue weighted by Crippen LogP contribution is -2.43. The third-order valence-electron chi connectivity index (χ3n) is 4.83. The van der Waals surface area contributed by atoms with Gasteiger partial charge in [0, 0.05) is 29.6 Å². The number of rotatable bonds is 7. The van der Waals surface area contributed by atoms with Gasteiger partial charge in [0.1, 0.15) is 11.5 Å². The normalized spacial score (nSPS) is 14.5. The predicted octanol–water partition coefficient (Wildman–Crippen LogP) is 4.24. The minimum absolute atomic E-state index is 0.137. The Morgan fingerprint density at radius 2 is 1.75 bits per heavy atom. The molecule has 1 saturated carbocycles. The Morgan fingerprint density at radius 1 is 1.00 bits per heavy atom. The van der Waals surface area contributed by atoms with Crippen LogP contribution in [0.5, 0.6) is 0 Å². The molecule has 0 bridgehead atoms. The van der Waals surface area contributed by atoms with Gasteiger partial charge in [0.15, 0.2) is 0 Å². The molecule has 0 atom stereocenters. The van der Waals surface area contributed by atoms with Crippen LogP contribution in [0.4, 0.5) is 4.79 Å². The highest BCUT2D eigenvalue weighted by Crippen LogP contribution is 2.23. The minimum Gasteiger partial charge on any atom is -0.459 e. The lowest BCUT2D eigenvalue weighted by Gasteiger charge is -2.22. The summed E-state index contributed by atoms with van der Waals surface area (Å²) in [4.78, 5) is 23.8. The third-order valence-corrected chi connectivity index (χ3v) is 5.08. The number of hydrogen-bond acceptors (Lipinski definition) is 3. The molecule has 1 heterocycles. The number of hydrogen-bond donors (Lipinski definition) is 3. The Balaban J connectivity index is 1.34. The summed E-state index contributed by atoms with van der Waals surface area (Å²) in [6.07, 6.45) is 5.88. The standard InChI is InChI=1S/C21H26ClN3O3/c22-16-8-6-15(7-9-16)19-11-10-18(28-19)14-24-20(26)12-13-23-21(27)25-17-4-2-1-3-5-17/h6-11,17H,1-5,12-14H2,(H,24,26)(H2,23,25,27). The highest BCUT2D eigenvalue weighted by Gasteiger charge is 2.15. The fourth-order valence-corrected chi connectivity index (χ4v) is 3.42. The van der Waals surface area contributed by atoms with Crippen LogP contribution in [0.2, 0.25) is 5.02 Å². The number of amides is 3. The zero-order valence-corrected chi connectivity index (χ0v) is 16.6. The molecular formula is C21H26ClN3O3. The van der Waals surface area contributed by atoms with Gasteiger partial charge in [0.25, 0.3) is 0 Å². The van der Waals surface area contributed by atoms with Crippen molar-refractivity contribution in [2.24, 2.45) is 0 Å². The van der Waals surface area contributed by atoms with Crippen LogP contribution in [-0.2, 0) is 11.3 Å². The van der Waals surface area contributed by atoms with Gasteiger partial charge >= 0.3 is 6.03 Å². The topological polar surface area (TPSA) is 83.4 Å². The van der Waals surface area contributed by atoms with Crippen molar-refractivity contribution < 1.29 is 14.0 Å². The van der Waals surface area contributed by atoms with Crippen LogP contribution < -0.4 is 16.0 Å². The van der Waals surface area contributed by atoms with Gasteiger partial charge in [-0.3, -0.25) is 4.79 Å². The van der Waals surface area contributed by atoms with Gasteiger partial charge in [-0.15, -0.1) is 0 Å².